The number of aryl methyl sites for hydroxylation is 1. The van der Waals surface area contributed by atoms with Crippen LogP contribution in [0.4, 0.5) is 0 Å². The number of hydrogen-bond acceptors (Lipinski definition) is 10. The Morgan fingerprint density at radius 3 is 2.49 bits per heavy atom. The van der Waals surface area contributed by atoms with E-state index < -0.39 is 69.0 Å². The summed E-state index contributed by atoms with van der Waals surface area (Å²) in [5, 5.41) is 74.2. The molecule has 3 aromatic carbocycles. The number of ether oxygens (including phenoxy) is 2. The fourth-order valence-electron chi connectivity index (χ4n) is 24.4. The van der Waals surface area contributed by atoms with E-state index in [1.807, 2.05) is 25.2 Å². The van der Waals surface area contributed by atoms with Gasteiger partial charge in [-0.15, -0.1) is 0 Å². The van der Waals surface area contributed by atoms with Crippen LogP contribution in [0, 0.1) is 105 Å². The summed E-state index contributed by atoms with van der Waals surface area (Å²) < 4.78 is 14.4. The van der Waals surface area contributed by atoms with Crippen LogP contribution in [0.2, 0.25) is 0 Å². The first-order chi connectivity index (χ1) is 40.3. The van der Waals surface area contributed by atoms with Gasteiger partial charge in [0, 0.05) is 58.6 Å². The molecule has 14 bridgehead atoms. The molecule has 3 aliphatic heterocycles. The van der Waals surface area contributed by atoms with Crippen LogP contribution >= 0.6 is 0 Å². The number of esters is 1. The van der Waals surface area contributed by atoms with Gasteiger partial charge in [-0.25, -0.2) is 4.79 Å². The van der Waals surface area contributed by atoms with Crippen molar-refractivity contribution in [2.75, 3.05) is 7.05 Å². The number of aliphatic hydroxyl groups excluding tert-OH is 2. The predicted molar refractivity (Wildman–Crippen MR) is 314 cm³/mol. The molecule has 11 aliphatic carbocycles. The number of aliphatic hydroxyl groups is 5. The van der Waals surface area contributed by atoms with Crippen molar-refractivity contribution in [1.29, 1.82) is 0 Å². The molecule has 14 aliphatic rings. The second-order valence-corrected chi connectivity index (χ2v) is 30.1. The minimum absolute atomic E-state index is 0.0854. The van der Waals surface area contributed by atoms with E-state index in [0.717, 1.165) is 92.8 Å². The lowest BCUT2D eigenvalue weighted by atomic mass is 9.32. The van der Waals surface area contributed by atoms with Gasteiger partial charge in [-0.2, -0.15) is 0 Å². The molecule has 10 nitrogen and oxygen atoms in total. The largest absolute Gasteiger partial charge is 0.454 e. The summed E-state index contributed by atoms with van der Waals surface area (Å²) in [7, 11) is 1.94. The van der Waals surface area contributed by atoms with Crippen LogP contribution in [0.15, 0.2) is 96.6 Å². The zero-order valence-corrected chi connectivity index (χ0v) is 48.6. The summed E-state index contributed by atoms with van der Waals surface area (Å²) in [6.45, 7) is -0.128. The highest BCUT2D eigenvalue weighted by Gasteiger charge is 2.87. The molecule has 1 saturated heterocycles. The van der Waals surface area contributed by atoms with E-state index in [0.29, 0.717) is 81.5 Å². The molecule has 8 saturated carbocycles. The molecular formula is C73H87NO9. The standard InChI is InChI=1S/C73H87NO9/c1-74-61-35-55-47(15-8-17-50(55)39-75)14-5-6-24-69-25-23-62-70(41-76)40-68-37-46(20-19-42-10-3-2-4-11-42)29-52(68)33-53-30-44-13-7-12-43(26-44)27-45-21-22-49(28-45)54-18-9-16-48-32-60(67(68)82-53)72(70,80)59(34-56(48)54)66(78)73(62,81)71(69,79)38-51-31-57(61)65-58(64(51)69)36-63(77)83-65/h2-4,7-13,15-17,26,36,41,45-46,48-49,51-54,56-57,59-62,64-67,74-75,78-81H,6,18-25,27-35,37-40H2,1H3. The highest BCUT2D eigenvalue weighted by atomic mass is 16.5. The number of benzene rings is 3. The molecule has 438 valence electrons. The van der Waals surface area contributed by atoms with Crippen molar-refractivity contribution < 1.29 is 44.6 Å². The van der Waals surface area contributed by atoms with Gasteiger partial charge in [0.05, 0.1) is 35.9 Å². The molecule has 24 unspecified atom stereocenters. The van der Waals surface area contributed by atoms with E-state index >= 15 is 20.1 Å². The first kappa shape index (κ1) is 54.0. The first-order valence-corrected chi connectivity index (χ1v) is 32.8. The molecule has 0 amide bonds. The molecule has 3 heterocycles. The van der Waals surface area contributed by atoms with E-state index in [2.05, 4.69) is 83.9 Å². The highest BCUT2D eigenvalue weighted by Crippen LogP contribution is 2.81. The molecule has 3 aromatic rings. The van der Waals surface area contributed by atoms with Crippen LogP contribution in [-0.2, 0) is 51.4 Å². The van der Waals surface area contributed by atoms with Gasteiger partial charge in [0.2, 0.25) is 0 Å². The maximum atomic E-state index is 15.8. The minimum atomic E-state index is -2.22. The predicted octanol–water partition coefficient (Wildman–Crippen LogP) is 9.37. The lowest BCUT2D eigenvalue weighted by molar-refractivity contribution is -0.391. The average molecular weight is 1120 g/mol. The van der Waals surface area contributed by atoms with Crippen molar-refractivity contribution in [2.24, 2.45) is 93.2 Å². The summed E-state index contributed by atoms with van der Waals surface area (Å²) in [6.07, 6.45) is 20.3. The molecule has 6 N–H and O–H groups in total. The summed E-state index contributed by atoms with van der Waals surface area (Å²) in [5.41, 5.74) is -1.49. The lowest BCUT2D eigenvalue weighted by Gasteiger charge is -2.75. The van der Waals surface area contributed by atoms with Gasteiger partial charge < -0.3 is 45.1 Å². The van der Waals surface area contributed by atoms with Crippen LogP contribution in [0.5, 0.6) is 0 Å². The monoisotopic (exact) mass is 1120 g/mol. The maximum absolute atomic E-state index is 15.8. The molecule has 0 radical (unpaired) electrons. The Balaban J connectivity index is 0.883. The number of allylic oxidation sites excluding steroid dienone is 2. The fourth-order valence-corrected chi connectivity index (χ4v) is 24.4. The highest BCUT2D eigenvalue weighted by molar-refractivity contribution is 5.86. The van der Waals surface area contributed by atoms with Crippen LogP contribution < -0.4 is 5.32 Å². The summed E-state index contributed by atoms with van der Waals surface area (Å²) >= 11 is 0. The third kappa shape index (κ3) is 7.46. The Labute approximate surface area is 490 Å². The van der Waals surface area contributed by atoms with Gasteiger partial charge in [-0.1, -0.05) is 90.7 Å². The number of hydrogen-bond donors (Lipinski definition) is 6. The number of carbonyl (C=O) groups is 2. The number of nitrogens with one attached hydrogen (secondary N) is 1. The third-order valence-corrected chi connectivity index (χ3v) is 27.2. The molecule has 0 aromatic heterocycles. The third-order valence-electron chi connectivity index (χ3n) is 27.2. The van der Waals surface area contributed by atoms with Crippen LogP contribution in [0.1, 0.15) is 143 Å². The van der Waals surface area contributed by atoms with Gasteiger partial charge in [0.25, 0.3) is 0 Å². The fraction of sp³-hybridized carbons (Fsp3) is 0.644. The second-order valence-electron chi connectivity index (χ2n) is 30.1. The number of rotatable bonds is 6. The zero-order chi connectivity index (χ0) is 56.4. The molecule has 83 heavy (non-hydrogen) atoms. The Bertz CT molecular complexity index is 3220. The van der Waals surface area contributed by atoms with Crippen molar-refractivity contribution in [3.63, 3.8) is 0 Å². The molecule has 17 rings (SSSR count). The minimum Gasteiger partial charge on any atom is -0.454 e. The average Bonchev–Trinajstić information content (AvgIpc) is 1.70. The zero-order valence-electron chi connectivity index (χ0n) is 48.6. The van der Waals surface area contributed by atoms with Gasteiger partial charge in [-0.05, 0) is 228 Å². The number of aldehydes is 1. The molecule has 9 fully saturated rings. The number of carbonyl (C=O) groups excluding carboxylic acids is 2. The van der Waals surface area contributed by atoms with Crippen molar-refractivity contribution in [3.05, 3.63) is 130 Å². The van der Waals surface area contributed by atoms with E-state index in [4.69, 9.17) is 9.47 Å². The van der Waals surface area contributed by atoms with Gasteiger partial charge >= 0.3 is 5.97 Å². The summed E-state index contributed by atoms with van der Waals surface area (Å²) in [4.78, 5) is 29.8. The number of likely N-dealkylation sites (N-methyl/N-ethyl adjacent to an activating group) is 1. The Morgan fingerprint density at radius 1 is 0.819 bits per heavy atom. The smallest absolute Gasteiger partial charge is 0.331 e. The van der Waals surface area contributed by atoms with E-state index in [9.17, 15) is 15.0 Å². The van der Waals surface area contributed by atoms with Gasteiger partial charge in [-0.3, -0.25) is 0 Å². The molecule has 2 spiro atoms. The van der Waals surface area contributed by atoms with Crippen LogP contribution in [-0.4, -0.2) is 92.1 Å². The second kappa shape index (κ2) is 19.5. The Morgan fingerprint density at radius 2 is 1.66 bits per heavy atom. The van der Waals surface area contributed by atoms with E-state index in [-0.39, 0.29) is 66.8 Å². The quantitative estimate of drug-likeness (QED) is 0.0607. The molecule has 10 heteroatoms. The van der Waals surface area contributed by atoms with Crippen molar-refractivity contribution >= 4 is 12.3 Å². The van der Waals surface area contributed by atoms with E-state index in [1.54, 1.807) is 6.08 Å². The topological polar surface area (TPSA) is 166 Å². The number of fused-ring (bicyclic) bond motifs is 12. The Hall–Kier alpha value is -4.44. The van der Waals surface area contributed by atoms with E-state index in [1.165, 1.54) is 23.1 Å². The lowest BCUT2D eigenvalue weighted by Crippen LogP contribution is -2.87. The van der Waals surface area contributed by atoms with Gasteiger partial charge in [0.15, 0.2) is 0 Å². The summed E-state index contributed by atoms with van der Waals surface area (Å²) in [6, 6.07) is 25.8. The SMILES string of the molecule is CNC1Cc2c(cccc2CO)C#CCCC23CCC4C5(C=O)CC67CC(CCc8ccccc8)CC6CC6Cc8cccc(c8)CC8CCC(C8)C8CC=CC9CC(C7O6)C5(O)C(CC98)C(O)C4(O)C2(O)CC2CC1C1OC(=O)C=C1C23. The van der Waals surface area contributed by atoms with Crippen LogP contribution in [0.3, 0.4) is 0 Å². The van der Waals surface area contributed by atoms with Gasteiger partial charge in [0.1, 0.15) is 23.6 Å². The van der Waals surface area contributed by atoms with Crippen molar-refractivity contribution in [3.8, 4) is 11.8 Å². The first-order valence-electron chi connectivity index (χ1n) is 32.8. The normalized spacial score (nSPS) is 48.3. The maximum Gasteiger partial charge on any atom is 0.331 e. The van der Waals surface area contributed by atoms with Crippen LogP contribution in [0.25, 0.3) is 0 Å². The molecule has 24 atom stereocenters. The van der Waals surface area contributed by atoms with Crippen molar-refractivity contribution in [2.45, 2.75) is 189 Å². The Kier molecular flexibility index (Phi) is 12.7. The summed E-state index contributed by atoms with van der Waals surface area (Å²) in [5.74, 6) is 5.57. The van der Waals surface area contributed by atoms with Crippen molar-refractivity contribution in [1.82, 2.24) is 5.32 Å². The molecular weight excluding hydrogens is 1030 g/mol.